The third kappa shape index (κ3) is 6.90. The largest absolute Gasteiger partial charge is 0.334 e. The summed E-state index contributed by atoms with van der Waals surface area (Å²) in [5.74, 6) is 0. The summed E-state index contributed by atoms with van der Waals surface area (Å²) in [7, 11) is -3.38. The lowest BCUT2D eigenvalue weighted by Gasteiger charge is -2.22. The number of urea groups is 1. The minimum Gasteiger partial charge on any atom is -0.334 e. The fraction of sp³-hybridized carbons (Fsp3) is 0.381. The highest BCUT2D eigenvalue weighted by Crippen LogP contribution is 2.17. The topological polar surface area (TPSA) is 81.8 Å². The highest BCUT2D eigenvalue weighted by molar-refractivity contribution is 7.92. The van der Waals surface area contributed by atoms with Gasteiger partial charge in [0.05, 0.1) is 11.9 Å². The molecule has 7 nitrogen and oxygen atoms in total. The maximum absolute atomic E-state index is 12.7. The number of hydrogen-bond donors (Lipinski definition) is 2. The van der Waals surface area contributed by atoms with Crippen LogP contribution in [0.2, 0.25) is 5.02 Å². The first-order chi connectivity index (χ1) is 14.3. The van der Waals surface area contributed by atoms with Crippen LogP contribution in [0.25, 0.3) is 0 Å². The van der Waals surface area contributed by atoms with E-state index >= 15 is 0 Å². The molecule has 2 aromatic carbocycles. The van der Waals surface area contributed by atoms with Crippen molar-refractivity contribution in [1.29, 1.82) is 0 Å². The van der Waals surface area contributed by atoms with E-state index in [4.69, 9.17) is 11.6 Å². The van der Waals surface area contributed by atoms with Gasteiger partial charge < -0.3 is 10.2 Å². The number of rotatable bonds is 6. The molecule has 0 saturated carbocycles. The van der Waals surface area contributed by atoms with Gasteiger partial charge in [-0.25, -0.2) is 13.2 Å². The van der Waals surface area contributed by atoms with E-state index in [0.29, 0.717) is 18.8 Å². The summed E-state index contributed by atoms with van der Waals surface area (Å²) in [6.45, 7) is 4.13. The van der Waals surface area contributed by atoms with Crippen LogP contribution in [0.5, 0.6) is 0 Å². The summed E-state index contributed by atoms with van der Waals surface area (Å²) in [6, 6.07) is 14.7. The first kappa shape index (κ1) is 22.4. The molecule has 30 heavy (non-hydrogen) atoms. The molecule has 0 unspecified atom stereocenters. The molecule has 1 aliphatic heterocycles. The molecule has 0 spiro atoms. The highest BCUT2D eigenvalue weighted by atomic mass is 35.5. The number of nitrogens with zero attached hydrogens (tertiary/aromatic N) is 2. The molecule has 1 fully saturated rings. The lowest BCUT2D eigenvalue weighted by Crippen LogP contribution is -2.41. The van der Waals surface area contributed by atoms with Crippen LogP contribution in [0, 0.1) is 0 Å². The molecule has 0 atom stereocenters. The minimum atomic E-state index is -3.38. The predicted molar refractivity (Wildman–Crippen MR) is 120 cm³/mol. The van der Waals surface area contributed by atoms with Gasteiger partial charge >= 0.3 is 6.03 Å². The first-order valence-electron chi connectivity index (χ1n) is 9.85. The Kier molecular flexibility index (Phi) is 7.58. The summed E-state index contributed by atoms with van der Waals surface area (Å²) in [5.41, 5.74) is 2.40. The van der Waals surface area contributed by atoms with Crippen molar-refractivity contribution >= 4 is 33.3 Å². The maximum atomic E-state index is 12.7. The van der Waals surface area contributed by atoms with Crippen molar-refractivity contribution in [3.8, 4) is 0 Å². The van der Waals surface area contributed by atoms with Crippen molar-refractivity contribution in [2.45, 2.75) is 19.5 Å². The number of amides is 2. The molecular formula is C21H27ClN4O3S. The van der Waals surface area contributed by atoms with Crippen molar-refractivity contribution in [1.82, 2.24) is 15.1 Å². The zero-order chi connectivity index (χ0) is 21.6. The summed E-state index contributed by atoms with van der Waals surface area (Å²) in [4.78, 5) is 16.8. The van der Waals surface area contributed by atoms with E-state index in [0.717, 1.165) is 42.9 Å². The Bertz CT molecular complexity index is 966. The van der Waals surface area contributed by atoms with Crippen LogP contribution >= 0.6 is 11.6 Å². The predicted octanol–water partition coefficient (Wildman–Crippen LogP) is 3.13. The van der Waals surface area contributed by atoms with Crippen LogP contribution < -0.4 is 10.0 Å². The van der Waals surface area contributed by atoms with Crippen molar-refractivity contribution in [2.75, 3.05) is 37.2 Å². The van der Waals surface area contributed by atoms with Crippen LogP contribution in [-0.4, -0.2) is 56.7 Å². The van der Waals surface area contributed by atoms with E-state index < -0.39 is 10.0 Å². The number of benzene rings is 2. The Morgan fingerprint density at radius 2 is 1.77 bits per heavy atom. The van der Waals surface area contributed by atoms with Crippen molar-refractivity contribution in [3.63, 3.8) is 0 Å². The van der Waals surface area contributed by atoms with Crippen molar-refractivity contribution in [3.05, 3.63) is 64.7 Å². The number of sulfonamides is 1. The van der Waals surface area contributed by atoms with E-state index in [1.54, 1.807) is 18.2 Å². The smallest absolute Gasteiger partial charge is 0.317 e. The third-order valence-electron chi connectivity index (χ3n) is 4.94. The molecule has 3 rings (SSSR count). The molecule has 2 amide bonds. The van der Waals surface area contributed by atoms with Gasteiger partial charge in [-0.05, 0) is 35.7 Å². The number of carbonyl (C=O) groups excluding carboxylic acids is 1. The molecular weight excluding hydrogens is 424 g/mol. The summed E-state index contributed by atoms with van der Waals surface area (Å²) >= 11 is 5.95. The molecule has 0 aliphatic carbocycles. The molecule has 0 aromatic heterocycles. The molecule has 2 N–H and O–H groups in total. The molecule has 1 heterocycles. The zero-order valence-corrected chi connectivity index (χ0v) is 18.5. The second-order valence-corrected chi connectivity index (χ2v) is 9.62. The summed E-state index contributed by atoms with van der Waals surface area (Å²) < 4.78 is 25.6. The normalized spacial score (nSPS) is 15.5. The van der Waals surface area contributed by atoms with Gasteiger partial charge in [0.25, 0.3) is 0 Å². The maximum Gasteiger partial charge on any atom is 0.317 e. The van der Waals surface area contributed by atoms with Gasteiger partial charge in [0.2, 0.25) is 10.0 Å². The molecule has 162 valence electrons. The van der Waals surface area contributed by atoms with Crippen LogP contribution in [0.15, 0.2) is 48.5 Å². The van der Waals surface area contributed by atoms with Crippen LogP contribution in [0.4, 0.5) is 10.5 Å². The van der Waals surface area contributed by atoms with E-state index in [1.807, 2.05) is 35.2 Å². The quantitative estimate of drug-likeness (QED) is 0.708. The second-order valence-electron chi connectivity index (χ2n) is 7.43. The lowest BCUT2D eigenvalue weighted by molar-refractivity contribution is 0.197. The third-order valence-corrected chi connectivity index (χ3v) is 5.78. The van der Waals surface area contributed by atoms with Gasteiger partial charge in [0.1, 0.15) is 0 Å². The van der Waals surface area contributed by atoms with Gasteiger partial charge in [-0.15, -0.1) is 0 Å². The van der Waals surface area contributed by atoms with Crippen LogP contribution in [0.3, 0.4) is 0 Å². The Labute approximate surface area is 183 Å². The second kappa shape index (κ2) is 10.1. The number of para-hydroxylation sites is 1. The van der Waals surface area contributed by atoms with E-state index in [2.05, 4.69) is 14.9 Å². The van der Waals surface area contributed by atoms with E-state index in [1.165, 1.54) is 5.56 Å². The van der Waals surface area contributed by atoms with Gasteiger partial charge in [-0.3, -0.25) is 9.62 Å². The summed E-state index contributed by atoms with van der Waals surface area (Å²) in [5, 5.41) is 3.64. The molecule has 1 aliphatic rings. The van der Waals surface area contributed by atoms with Gasteiger partial charge in [0, 0.05) is 44.3 Å². The monoisotopic (exact) mass is 450 g/mol. The average molecular weight is 451 g/mol. The summed E-state index contributed by atoms with van der Waals surface area (Å²) in [6.07, 6.45) is 2.00. The fourth-order valence-corrected chi connectivity index (χ4v) is 4.16. The lowest BCUT2D eigenvalue weighted by atomic mass is 10.2. The Morgan fingerprint density at radius 3 is 2.50 bits per heavy atom. The molecule has 0 bridgehead atoms. The molecule has 0 radical (unpaired) electrons. The van der Waals surface area contributed by atoms with Gasteiger partial charge in [0.15, 0.2) is 0 Å². The Morgan fingerprint density at radius 1 is 1.03 bits per heavy atom. The standard InChI is InChI=1S/C21H27ClN4O3S/c1-30(28,29)24-20-6-3-2-5-18(20)15-23-21(27)26-12-4-11-25(13-14-26)16-17-7-9-19(22)10-8-17/h2-3,5-10,24H,4,11-16H2,1H3,(H,23,27). The number of carbonyl (C=O) groups is 1. The van der Waals surface area contributed by atoms with E-state index in [-0.39, 0.29) is 12.6 Å². The first-order valence-corrected chi connectivity index (χ1v) is 12.1. The fourth-order valence-electron chi connectivity index (χ4n) is 3.44. The van der Waals surface area contributed by atoms with Crippen LogP contribution in [-0.2, 0) is 23.1 Å². The Balaban J connectivity index is 1.52. The number of hydrogen-bond acceptors (Lipinski definition) is 4. The minimum absolute atomic E-state index is 0.141. The number of anilines is 1. The SMILES string of the molecule is CS(=O)(=O)Nc1ccccc1CNC(=O)N1CCCN(Cc2ccc(Cl)cc2)CC1. The zero-order valence-electron chi connectivity index (χ0n) is 17.0. The molecule has 9 heteroatoms. The highest BCUT2D eigenvalue weighted by Gasteiger charge is 2.19. The van der Waals surface area contributed by atoms with Crippen molar-refractivity contribution < 1.29 is 13.2 Å². The van der Waals surface area contributed by atoms with Gasteiger partial charge in [-0.2, -0.15) is 0 Å². The average Bonchev–Trinajstić information content (AvgIpc) is 2.93. The number of nitrogens with one attached hydrogen (secondary N) is 2. The Hall–Kier alpha value is -2.29. The van der Waals surface area contributed by atoms with Crippen LogP contribution in [0.1, 0.15) is 17.5 Å². The van der Waals surface area contributed by atoms with Gasteiger partial charge in [-0.1, -0.05) is 41.9 Å². The molecule has 1 saturated heterocycles. The molecule has 2 aromatic rings. The van der Waals surface area contributed by atoms with Crippen molar-refractivity contribution in [2.24, 2.45) is 0 Å². The van der Waals surface area contributed by atoms with E-state index in [9.17, 15) is 13.2 Å². The number of halogens is 1.